The number of terminal acetylenes is 1. The molecule has 0 saturated heterocycles. The van der Waals surface area contributed by atoms with Crippen molar-refractivity contribution in [2.45, 2.75) is 32.2 Å². The molecule has 0 radical (unpaired) electrons. The third-order valence-corrected chi connectivity index (χ3v) is 3.05. The number of carbonyl (C=O) groups excluding carboxylic acids is 2. The first-order valence-corrected chi connectivity index (χ1v) is 6.19. The Kier molecular flexibility index (Phi) is 5.37. The highest BCUT2D eigenvalue weighted by molar-refractivity contribution is 5.85. The zero-order valence-corrected chi connectivity index (χ0v) is 10.8. The van der Waals surface area contributed by atoms with E-state index in [1.54, 1.807) is 0 Å². The van der Waals surface area contributed by atoms with Crippen LogP contribution in [0.5, 0.6) is 0 Å². The fourth-order valence-corrected chi connectivity index (χ4v) is 1.70. The molecule has 0 spiro atoms. The maximum Gasteiger partial charge on any atom is 0.327 e. The summed E-state index contributed by atoms with van der Waals surface area (Å²) in [7, 11) is 0. The van der Waals surface area contributed by atoms with Crippen molar-refractivity contribution in [3.05, 3.63) is 0 Å². The summed E-state index contributed by atoms with van der Waals surface area (Å²) < 4.78 is 0. The summed E-state index contributed by atoms with van der Waals surface area (Å²) >= 11 is 0. The predicted octanol–water partition coefficient (Wildman–Crippen LogP) is -0.259. The molecule has 3 unspecified atom stereocenters. The van der Waals surface area contributed by atoms with Gasteiger partial charge >= 0.3 is 5.97 Å². The highest BCUT2D eigenvalue weighted by Gasteiger charge is 2.38. The molecule has 1 aliphatic carbocycles. The van der Waals surface area contributed by atoms with Crippen LogP contribution in [0.3, 0.4) is 0 Å². The summed E-state index contributed by atoms with van der Waals surface area (Å²) in [6.07, 6.45) is 5.88. The number of aliphatic carboxylic acids is 1. The quantitative estimate of drug-likeness (QED) is 0.553. The fourth-order valence-electron chi connectivity index (χ4n) is 1.70. The Labute approximate surface area is 111 Å². The van der Waals surface area contributed by atoms with Crippen LogP contribution in [0, 0.1) is 24.2 Å². The average molecular weight is 266 g/mol. The van der Waals surface area contributed by atoms with Crippen molar-refractivity contribution < 1.29 is 19.5 Å². The van der Waals surface area contributed by atoms with E-state index >= 15 is 0 Å². The molecule has 1 aliphatic rings. The number of amides is 2. The summed E-state index contributed by atoms with van der Waals surface area (Å²) in [5.74, 6) is 1.03. The lowest BCUT2D eigenvalue weighted by molar-refractivity contribution is -0.141. The molecule has 19 heavy (non-hydrogen) atoms. The van der Waals surface area contributed by atoms with Crippen molar-refractivity contribution in [2.24, 2.45) is 11.8 Å². The van der Waals surface area contributed by atoms with Crippen LogP contribution < -0.4 is 10.6 Å². The number of rotatable bonds is 7. The number of carboxylic acid groups (broad SMARTS) is 1. The molecule has 6 heteroatoms. The van der Waals surface area contributed by atoms with Crippen molar-refractivity contribution in [3.8, 4) is 12.3 Å². The summed E-state index contributed by atoms with van der Waals surface area (Å²) in [4.78, 5) is 33.7. The molecule has 3 N–H and O–H groups in total. The first-order valence-electron chi connectivity index (χ1n) is 6.19. The normalized spacial score (nSPS) is 21.9. The zero-order chi connectivity index (χ0) is 14.4. The van der Waals surface area contributed by atoms with E-state index in [9.17, 15) is 14.4 Å². The maximum absolute atomic E-state index is 11.5. The summed E-state index contributed by atoms with van der Waals surface area (Å²) in [5.41, 5.74) is 0. The second-order valence-corrected chi connectivity index (χ2v) is 4.73. The summed E-state index contributed by atoms with van der Waals surface area (Å²) in [5, 5.41) is 13.8. The molecule has 0 aromatic heterocycles. The second kappa shape index (κ2) is 6.78. The zero-order valence-electron chi connectivity index (χ0n) is 10.8. The molecule has 3 atom stereocenters. The van der Waals surface area contributed by atoms with Crippen LogP contribution in [-0.2, 0) is 14.4 Å². The Morgan fingerprint density at radius 3 is 2.58 bits per heavy atom. The van der Waals surface area contributed by atoms with Gasteiger partial charge in [0, 0.05) is 25.3 Å². The molecule has 1 fully saturated rings. The Hall–Kier alpha value is -2.03. The van der Waals surface area contributed by atoms with Crippen LogP contribution in [0.4, 0.5) is 0 Å². The fraction of sp³-hybridized carbons (Fsp3) is 0.615. The standard InChI is InChI=1S/C13H18N2O4/c1-3-4-10(13(18)19)15-11(16)5-6-14-12(17)9-7-8(9)2/h1,8-10H,4-7H2,2H3,(H,14,17)(H,15,16)(H,18,19). The molecular weight excluding hydrogens is 248 g/mol. The highest BCUT2D eigenvalue weighted by Crippen LogP contribution is 2.37. The largest absolute Gasteiger partial charge is 0.480 e. The van der Waals surface area contributed by atoms with Gasteiger partial charge in [-0.3, -0.25) is 9.59 Å². The topological polar surface area (TPSA) is 95.5 Å². The van der Waals surface area contributed by atoms with Gasteiger partial charge in [0.1, 0.15) is 6.04 Å². The molecule has 0 heterocycles. The van der Waals surface area contributed by atoms with Crippen molar-refractivity contribution >= 4 is 17.8 Å². The van der Waals surface area contributed by atoms with E-state index in [1.807, 2.05) is 6.92 Å². The molecule has 0 aromatic rings. The van der Waals surface area contributed by atoms with Crippen LogP contribution >= 0.6 is 0 Å². The van der Waals surface area contributed by atoms with E-state index in [1.165, 1.54) is 0 Å². The number of hydrogen-bond acceptors (Lipinski definition) is 3. The van der Waals surface area contributed by atoms with E-state index in [2.05, 4.69) is 16.6 Å². The van der Waals surface area contributed by atoms with E-state index < -0.39 is 17.9 Å². The van der Waals surface area contributed by atoms with E-state index in [0.29, 0.717) is 5.92 Å². The predicted molar refractivity (Wildman–Crippen MR) is 67.9 cm³/mol. The Morgan fingerprint density at radius 2 is 2.11 bits per heavy atom. The lowest BCUT2D eigenvalue weighted by Gasteiger charge is -2.11. The smallest absolute Gasteiger partial charge is 0.327 e. The maximum atomic E-state index is 11.5. The van der Waals surface area contributed by atoms with E-state index in [0.717, 1.165) is 6.42 Å². The molecule has 0 aromatic carbocycles. The van der Waals surface area contributed by atoms with Crippen LogP contribution in [0.25, 0.3) is 0 Å². The van der Waals surface area contributed by atoms with Gasteiger partial charge in [-0.15, -0.1) is 12.3 Å². The monoisotopic (exact) mass is 266 g/mol. The van der Waals surface area contributed by atoms with Crippen molar-refractivity contribution in [1.82, 2.24) is 10.6 Å². The van der Waals surface area contributed by atoms with Gasteiger partial charge in [-0.25, -0.2) is 4.79 Å². The van der Waals surface area contributed by atoms with Gasteiger partial charge in [-0.2, -0.15) is 0 Å². The first-order chi connectivity index (χ1) is 8.95. The van der Waals surface area contributed by atoms with Crippen LogP contribution in [-0.4, -0.2) is 35.5 Å². The lowest BCUT2D eigenvalue weighted by Crippen LogP contribution is -2.41. The number of nitrogens with one attached hydrogen (secondary N) is 2. The third kappa shape index (κ3) is 5.00. The molecular formula is C13H18N2O4. The molecule has 0 bridgehead atoms. The molecule has 1 saturated carbocycles. The Balaban J connectivity index is 2.21. The third-order valence-electron chi connectivity index (χ3n) is 3.05. The number of carbonyl (C=O) groups is 3. The molecule has 1 rings (SSSR count). The Bertz CT molecular complexity index is 413. The van der Waals surface area contributed by atoms with Crippen molar-refractivity contribution in [3.63, 3.8) is 0 Å². The highest BCUT2D eigenvalue weighted by atomic mass is 16.4. The Morgan fingerprint density at radius 1 is 1.47 bits per heavy atom. The minimum atomic E-state index is -1.16. The van der Waals surface area contributed by atoms with Gasteiger partial charge in [-0.1, -0.05) is 6.92 Å². The van der Waals surface area contributed by atoms with Gasteiger partial charge in [0.15, 0.2) is 0 Å². The van der Waals surface area contributed by atoms with E-state index in [4.69, 9.17) is 11.5 Å². The molecule has 104 valence electrons. The number of carboxylic acids is 1. The molecule has 0 aliphatic heterocycles. The lowest BCUT2D eigenvalue weighted by atomic mass is 10.2. The minimum absolute atomic E-state index is 0.0428. The van der Waals surface area contributed by atoms with Gasteiger partial charge in [-0.05, 0) is 12.3 Å². The second-order valence-electron chi connectivity index (χ2n) is 4.73. The van der Waals surface area contributed by atoms with Crippen LogP contribution in [0.2, 0.25) is 0 Å². The SMILES string of the molecule is C#CCC(NC(=O)CCNC(=O)C1CC1C)C(=O)O. The number of hydrogen-bond donors (Lipinski definition) is 3. The molecule has 2 amide bonds. The minimum Gasteiger partial charge on any atom is -0.480 e. The summed E-state index contributed by atoms with van der Waals surface area (Å²) in [6, 6.07) is -1.07. The average Bonchev–Trinajstić information content (AvgIpc) is 3.05. The van der Waals surface area contributed by atoms with Crippen LogP contribution in [0.1, 0.15) is 26.2 Å². The van der Waals surface area contributed by atoms with Gasteiger partial charge < -0.3 is 15.7 Å². The molecule has 6 nitrogen and oxygen atoms in total. The van der Waals surface area contributed by atoms with Gasteiger partial charge in [0.2, 0.25) is 11.8 Å². The van der Waals surface area contributed by atoms with Crippen molar-refractivity contribution in [2.75, 3.05) is 6.54 Å². The van der Waals surface area contributed by atoms with Crippen molar-refractivity contribution in [1.29, 1.82) is 0 Å². The summed E-state index contributed by atoms with van der Waals surface area (Å²) in [6.45, 7) is 2.20. The van der Waals surface area contributed by atoms with E-state index in [-0.39, 0.29) is 31.2 Å². The first kappa shape index (κ1) is 15.0. The van der Waals surface area contributed by atoms with Gasteiger partial charge in [0.05, 0.1) is 0 Å². The van der Waals surface area contributed by atoms with Gasteiger partial charge in [0.25, 0.3) is 0 Å². The van der Waals surface area contributed by atoms with Crippen LogP contribution in [0.15, 0.2) is 0 Å².